The molecule has 1 aromatic rings. The van der Waals surface area contributed by atoms with Crippen LogP contribution in [0.3, 0.4) is 0 Å². The van der Waals surface area contributed by atoms with Crippen molar-refractivity contribution in [2.75, 3.05) is 12.4 Å². The lowest BCUT2D eigenvalue weighted by Gasteiger charge is -2.09. The first-order chi connectivity index (χ1) is 8.69. The van der Waals surface area contributed by atoms with E-state index in [1.54, 1.807) is 7.11 Å². The highest BCUT2D eigenvalue weighted by atomic mass is 32.1. The first kappa shape index (κ1) is 14.4. The van der Waals surface area contributed by atoms with Crippen LogP contribution < -0.4 is 15.5 Å². The zero-order chi connectivity index (χ0) is 13.4. The molecule has 0 fully saturated rings. The largest absolute Gasteiger partial charge is 0.497 e. The summed E-state index contributed by atoms with van der Waals surface area (Å²) in [5.41, 5.74) is 4.80. The molecule has 2 N–H and O–H groups in total. The summed E-state index contributed by atoms with van der Waals surface area (Å²) in [7, 11) is 1.63. The van der Waals surface area contributed by atoms with Crippen LogP contribution >= 0.6 is 12.2 Å². The van der Waals surface area contributed by atoms with Gasteiger partial charge < -0.3 is 10.1 Å². The number of benzene rings is 1. The van der Waals surface area contributed by atoms with Crippen LogP contribution in [-0.4, -0.2) is 17.9 Å². The molecule has 1 aromatic carbocycles. The van der Waals surface area contributed by atoms with Crippen molar-refractivity contribution in [2.24, 2.45) is 5.10 Å². The standard InChI is InChI=1S/C13H19N3OS/c1-4-10(5-2)15-16-13(18)14-11-7-6-8-12(9-11)17-3/h6-9H,4-5H2,1-3H3,(H2,14,16,18). The number of hydrogen-bond donors (Lipinski definition) is 2. The van der Waals surface area contributed by atoms with E-state index in [1.165, 1.54) is 0 Å². The molecule has 98 valence electrons. The van der Waals surface area contributed by atoms with Gasteiger partial charge in [-0.1, -0.05) is 19.9 Å². The van der Waals surface area contributed by atoms with Crippen molar-refractivity contribution >= 4 is 28.7 Å². The molecule has 0 saturated carbocycles. The summed E-state index contributed by atoms with van der Waals surface area (Å²) in [6.07, 6.45) is 1.84. The fourth-order valence-corrected chi connectivity index (χ4v) is 1.56. The molecular weight excluding hydrogens is 246 g/mol. The Morgan fingerprint density at radius 3 is 2.67 bits per heavy atom. The third-order valence-corrected chi connectivity index (χ3v) is 2.65. The van der Waals surface area contributed by atoms with Gasteiger partial charge in [-0.3, -0.25) is 5.43 Å². The fourth-order valence-electron chi connectivity index (χ4n) is 1.40. The lowest BCUT2D eigenvalue weighted by molar-refractivity contribution is 0.415. The van der Waals surface area contributed by atoms with Crippen molar-refractivity contribution in [1.82, 2.24) is 5.43 Å². The Balaban J connectivity index is 2.56. The Kier molecular flexibility index (Phi) is 6.14. The molecule has 4 nitrogen and oxygen atoms in total. The van der Waals surface area contributed by atoms with E-state index in [4.69, 9.17) is 17.0 Å². The number of ether oxygens (including phenoxy) is 1. The molecule has 0 radical (unpaired) electrons. The maximum atomic E-state index is 5.16. The number of nitrogens with one attached hydrogen (secondary N) is 2. The van der Waals surface area contributed by atoms with Gasteiger partial charge in [0.1, 0.15) is 5.75 Å². The summed E-state index contributed by atoms with van der Waals surface area (Å²) in [5.74, 6) is 0.786. The third kappa shape index (κ3) is 4.71. The second-order valence-electron chi connectivity index (χ2n) is 3.68. The lowest BCUT2D eigenvalue weighted by atomic mass is 10.2. The third-order valence-electron chi connectivity index (χ3n) is 2.46. The quantitative estimate of drug-likeness (QED) is 0.488. The van der Waals surface area contributed by atoms with Gasteiger partial charge in [0, 0.05) is 17.5 Å². The number of nitrogens with zero attached hydrogens (tertiary/aromatic N) is 1. The Morgan fingerprint density at radius 1 is 1.33 bits per heavy atom. The van der Waals surface area contributed by atoms with Crippen LogP contribution in [0.1, 0.15) is 26.7 Å². The van der Waals surface area contributed by atoms with Gasteiger partial charge in [0.2, 0.25) is 0 Å². The predicted octanol–water partition coefficient (Wildman–Crippen LogP) is 3.16. The van der Waals surface area contributed by atoms with E-state index in [9.17, 15) is 0 Å². The Morgan fingerprint density at radius 2 is 2.06 bits per heavy atom. The molecule has 0 aliphatic carbocycles. The zero-order valence-electron chi connectivity index (χ0n) is 11.0. The van der Waals surface area contributed by atoms with E-state index >= 15 is 0 Å². The topological polar surface area (TPSA) is 45.7 Å². The highest BCUT2D eigenvalue weighted by Gasteiger charge is 1.99. The average molecular weight is 265 g/mol. The minimum absolute atomic E-state index is 0.475. The van der Waals surface area contributed by atoms with Gasteiger partial charge in [0.05, 0.1) is 7.11 Å². The normalized spacial score (nSPS) is 9.50. The minimum Gasteiger partial charge on any atom is -0.497 e. The Hall–Kier alpha value is -1.62. The van der Waals surface area contributed by atoms with E-state index in [0.717, 1.165) is 30.0 Å². The van der Waals surface area contributed by atoms with E-state index < -0.39 is 0 Å². The van der Waals surface area contributed by atoms with Crippen molar-refractivity contribution in [2.45, 2.75) is 26.7 Å². The molecule has 0 spiro atoms. The van der Waals surface area contributed by atoms with Gasteiger partial charge in [-0.25, -0.2) is 0 Å². The van der Waals surface area contributed by atoms with E-state index in [1.807, 2.05) is 24.3 Å². The average Bonchev–Trinajstić information content (AvgIpc) is 2.40. The molecule has 0 aliphatic rings. The number of thiocarbonyl (C=S) groups is 1. The maximum Gasteiger partial charge on any atom is 0.191 e. The van der Waals surface area contributed by atoms with Crippen molar-refractivity contribution in [3.05, 3.63) is 24.3 Å². The number of hydrazone groups is 1. The van der Waals surface area contributed by atoms with Gasteiger partial charge in [-0.2, -0.15) is 5.10 Å². The van der Waals surface area contributed by atoms with Crippen LogP contribution in [0.5, 0.6) is 5.75 Å². The van der Waals surface area contributed by atoms with E-state index in [-0.39, 0.29) is 0 Å². The molecule has 0 saturated heterocycles. The Labute approximate surface area is 113 Å². The predicted molar refractivity (Wildman–Crippen MR) is 80.4 cm³/mol. The minimum atomic E-state index is 0.475. The number of anilines is 1. The van der Waals surface area contributed by atoms with Crippen LogP contribution in [0.25, 0.3) is 0 Å². The summed E-state index contributed by atoms with van der Waals surface area (Å²) in [4.78, 5) is 0. The number of rotatable bonds is 5. The fraction of sp³-hybridized carbons (Fsp3) is 0.385. The van der Waals surface area contributed by atoms with Crippen molar-refractivity contribution in [3.63, 3.8) is 0 Å². The molecule has 0 unspecified atom stereocenters. The van der Waals surface area contributed by atoms with Crippen LogP contribution in [-0.2, 0) is 0 Å². The van der Waals surface area contributed by atoms with Gasteiger partial charge >= 0.3 is 0 Å². The molecule has 0 heterocycles. The molecule has 0 aliphatic heterocycles. The first-order valence-electron chi connectivity index (χ1n) is 5.96. The SMILES string of the molecule is CCC(CC)=NNC(=S)Nc1cccc(OC)c1. The van der Waals surface area contributed by atoms with Crippen LogP contribution in [0.2, 0.25) is 0 Å². The summed E-state index contributed by atoms with van der Waals surface area (Å²) in [6.45, 7) is 4.14. The van der Waals surface area contributed by atoms with Crippen molar-refractivity contribution in [1.29, 1.82) is 0 Å². The summed E-state index contributed by atoms with van der Waals surface area (Å²) >= 11 is 5.16. The summed E-state index contributed by atoms with van der Waals surface area (Å²) in [6, 6.07) is 7.57. The maximum absolute atomic E-state index is 5.16. The molecule has 0 amide bonds. The molecular formula is C13H19N3OS. The molecule has 0 bridgehead atoms. The van der Waals surface area contributed by atoms with E-state index in [0.29, 0.717) is 5.11 Å². The monoisotopic (exact) mass is 265 g/mol. The van der Waals surface area contributed by atoms with Gasteiger partial charge in [-0.05, 0) is 37.2 Å². The Bertz CT molecular complexity index is 426. The second-order valence-corrected chi connectivity index (χ2v) is 4.09. The number of hydrogen-bond acceptors (Lipinski definition) is 3. The molecule has 18 heavy (non-hydrogen) atoms. The second kappa shape index (κ2) is 7.66. The highest BCUT2D eigenvalue weighted by molar-refractivity contribution is 7.80. The van der Waals surface area contributed by atoms with Crippen molar-refractivity contribution < 1.29 is 4.74 Å². The van der Waals surface area contributed by atoms with Crippen LogP contribution in [0, 0.1) is 0 Å². The first-order valence-corrected chi connectivity index (χ1v) is 6.36. The number of methoxy groups -OCH3 is 1. The van der Waals surface area contributed by atoms with Gasteiger partial charge in [-0.15, -0.1) is 0 Å². The van der Waals surface area contributed by atoms with Gasteiger partial charge in [0.15, 0.2) is 5.11 Å². The molecule has 1 rings (SSSR count). The van der Waals surface area contributed by atoms with Crippen molar-refractivity contribution in [3.8, 4) is 5.75 Å². The van der Waals surface area contributed by atoms with Crippen LogP contribution in [0.4, 0.5) is 5.69 Å². The highest BCUT2D eigenvalue weighted by Crippen LogP contribution is 2.16. The molecule has 0 aromatic heterocycles. The summed E-state index contributed by atoms with van der Waals surface area (Å²) in [5, 5.41) is 7.76. The summed E-state index contributed by atoms with van der Waals surface area (Å²) < 4.78 is 5.14. The van der Waals surface area contributed by atoms with E-state index in [2.05, 4.69) is 29.7 Å². The molecule has 0 atom stereocenters. The lowest BCUT2D eigenvalue weighted by Crippen LogP contribution is -2.25. The zero-order valence-corrected chi connectivity index (χ0v) is 11.8. The van der Waals surface area contributed by atoms with Gasteiger partial charge in [0.25, 0.3) is 0 Å². The van der Waals surface area contributed by atoms with Crippen LogP contribution in [0.15, 0.2) is 29.4 Å². The smallest absolute Gasteiger partial charge is 0.191 e. The molecule has 5 heteroatoms.